The maximum absolute atomic E-state index is 12.9. The molecule has 0 bridgehead atoms. The topological polar surface area (TPSA) is 76.1 Å². The molecule has 0 radical (unpaired) electrons. The fraction of sp³-hybridized carbons (Fsp3) is 0.227. The van der Waals surface area contributed by atoms with Crippen molar-refractivity contribution in [3.05, 3.63) is 76.6 Å². The summed E-state index contributed by atoms with van der Waals surface area (Å²) in [5.74, 6) is 0.683. The number of methoxy groups -OCH3 is 1. The smallest absolute Gasteiger partial charge is 0.272 e. The molecule has 6 nitrogen and oxygen atoms in total. The number of carbonyl (C=O) groups excluding carboxylic acids is 1. The van der Waals surface area contributed by atoms with Gasteiger partial charge in [-0.05, 0) is 42.5 Å². The molecule has 29 heavy (non-hydrogen) atoms. The van der Waals surface area contributed by atoms with E-state index in [2.05, 4.69) is 32.7 Å². The van der Waals surface area contributed by atoms with E-state index in [1.54, 1.807) is 7.11 Å². The molecule has 1 aliphatic rings. The van der Waals surface area contributed by atoms with Gasteiger partial charge in [0.1, 0.15) is 5.75 Å². The third-order valence-corrected chi connectivity index (χ3v) is 5.24. The van der Waals surface area contributed by atoms with Gasteiger partial charge in [0, 0.05) is 11.8 Å². The molecule has 0 saturated heterocycles. The van der Waals surface area contributed by atoms with Gasteiger partial charge in [0.2, 0.25) is 5.95 Å². The molecule has 1 heterocycles. The molecule has 1 atom stereocenters. The summed E-state index contributed by atoms with van der Waals surface area (Å²) in [6.07, 6.45) is 4.38. The molecule has 7 heteroatoms. The molecule has 0 aliphatic heterocycles. The number of hydrogen-bond acceptors (Lipinski definition) is 5. The first-order chi connectivity index (χ1) is 14.1. The summed E-state index contributed by atoms with van der Waals surface area (Å²) in [5, 5.41) is 6.37. The monoisotopic (exact) mass is 408 g/mol. The summed E-state index contributed by atoms with van der Waals surface area (Å²) in [6, 6.07) is 15.5. The van der Waals surface area contributed by atoms with Crippen molar-refractivity contribution in [2.24, 2.45) is 0 Å². The molecule has 4 rings (SSSR count). The fourth-order valence-electron chi connectivity index (χ4n) is 3.55. The SMILES string of the molecule is COc1cccc(Nc2ncc(Cl)c(C(=O)NC3CCCc4ccccc43)n2)c1. The van der Waals surface area contributed by atoms with Crippen molar-refractivity contribution in [2.45, 2.75) is 25.3 Å². The van der Waals surface area contributed by atoms with Gasteiger partial charge in [-0.1, -0.05) is 41.9 Å². The molecule has 0 saturated carbocycles. The first kappa shape index (κ1) is 19.2. The van der Waals surface area contributed by atoms with Crippen molar-refractivity contribution < 1.29 is 9.53 Å². The number of benzene rings is 2. The van der Waals surface area contributed by atoms with Crippen molar-refractivity contribution >= 4 is 29.1 Å². The highest BCUT2D eigenvalue weighted by Gasteiger charge is 2.24. The number of carbonyl (C=O) groups is 1. The van der Waals surface area contributed by atoms with Gasteiger partial charge in [0.25, 0.3) is 5.91 Å². The molecule has 2 N–H and O–H groups in total. The zero-order valence-corrected chi connectivity index (χ0v) is 16.7. The van der Waals surface area contributed by atoms with Crippen molar-refractivity contribution in [1.29, 1.82) is 0 Å². The Kier molecular flexibility index (Phi) is 5.62. The van der Waals surface area contributed by atoms with E-state index >= 15 is 0 Å². The molecular formula is C22H21ClN4O2. The van der Waals surface area contributed by atoms with Crippen LogP contribution in [0.1, 0.15) is 40.5 Å². The van der Waals surface area contributed by atoms with Crippen molar-refractivity contribution in [3.8, 4) is 5.75 Å². The molecule has 1 unspecified atom stereocenters. The number of nitrogens with one attached hydrogen (secondary N) is 2. The lowest BCUT2D eigenvalue weighted by Crippen LogP contribution is -2.31. The van der Waals surface area contributed by atoms with E-state index in [9.17, 15) is 4.79 Å². The summed E-state index contributed by atoms with van der Waals surface area (Å²) in [4.78, 5) is 21.4. The lowest BCUT2D eigenvalue weighted by Gasteiger charge is -2.26. The zero-order valence-electron chi connectivity index (χ0n) is 16.0. The molecule has 1 aromatic heterocycles. The van der Waals surface area contributed by atoms with Crippen LogP contribution in [0.3, 0.4) is 0 Å². The van der Waals surface area contributed by atoms with E-state index in [1.165, 1.54) is 11.8 Å². The Morgan fingerprint density at radius 3 is 2.93 bits per heavy atom. The van der Waals surface area contributed by atoms with E-state index in [0.29, 0.717) is 5.75 Å². The average molecular weight is 409 g/mol. The van der Waals surface area contributed by atoms with Crippen molar-refractivity contribution in [2.75, 3.05) is 12.4 Å². The number of amides is 1. The van der Waals surface area contributed by atoms with E-state index in [0.717, 1.165) is 30.5 Å². The second-order valence-electron chi connectivity index (χ2n) is 6.86. The molecular weight excluding hydrogens is 388 g/mol. The molecule has 2 aromatic carbocycles. The van der Waals surface area contributed by atoms with Crippen LogP contribution in [0.5, 0.6) is 5.75 Å². The predicted molar refractivity (Wildman–Crippen MR) is 113 cm³/mol. The summed E-state index contributed by atoms with van der Waals surface area (Å²) in [6.45, 7) is 0. The van der Waals surface area contributed by atoms with Crippen LogP contribution in [-0.2, 0) is 6.42 Å². The van der Waals surface area contributed by atoms with E-state index < -0.39 is 0 Å². The first-order valence-electron chi connectivity index (χ1n) is 9.46. The Hall–Kier alpha value is -3.12. The highest BCUT2D eigenvalue weighted by atomic mass is 35.5. The van der Waals surface area contributed by atoms with Gasteiger partial charge in [-0.25, -0.2) is 9.97 Å². The van der Waals surface area contributed by atoms with Gasteiger partial charge in [-0.3, -0.25) is 4.79 Å². The maximum Gasteiger partial charge on any atom is 0.272 e. The first-order valence-corrected chi connectivity index (χ1v) is 9.84. The molecule has 1 aliphatic carbocycles. The number of nitrogens with zero attached hydrogens (tertiary/aromatic N) is 2. The van der Waals surface area contributed by atoms with Crippen LogP contribution in [-0.4, -0.2) is 23.0 Å². The number of rotatable bonds is 5. The normalized spacial score (nSPS) is 15.3. The third-order valence-electron chi connectivity index (χ3n) is 4.96. The second kappa shape index (κ2) is 8.49. The standard InChI is InChI=1S/C22H21ClN4O2/c1-29-16-9-5-8-15(12-16)25-22-24-13-18(23)20(27-22)21(28)26-19-11-4-7-14-6-2-3-10-17(14)19/h2-3,5-6,8-10,12-13,19H,4,7,11H2,1H3,(H,26,28)(H,24,25,27). The van der Waals surface area contributed by atoms with Crippen LogP contribution < -0.4 is 15.4 Å². The van der Waals surface area contributed by atoms with E-state index in [4.69, 9.17) is 16.3 Å². The number of anilines is 2. The number of fused-ring (bicyclic) bond motifs is 1. The summed E-state index contributed by atoms with van der Waals surface area (Å²) < 4.78 is 5.22. The minimum atomic E-state index is -0.312. The van der Waals surface area contributed by atoms with Gasteiger partial charge in [0.05, 0.1) is 24.4 Å². The largest absolute Gasteiger partial charge is 0.497 e. The Balaban J connectivity index is 1.54. The van der Waals surface area contributed by atoms with Crippen LogP contribution in [0, 0.1) is 0 Å². The summed E-state index contributed by atoms with van der Waals surface area (Å²) in [5.41, 5.74) is 3.33. The molecule has 0 spiro atoms. The highest BCUT2D eigenvalue weighted by Crippen LogP contribution is 2.30. The van der Waals surface area contributed by atoms with Crippen LogP contribution in [0.25, 0.3) is 0 Å². The van der Waals surface area contributed by atoms with E-state index in [-0.39, 0.29) is 28.6 Å². The van der Waals surface area contributed by atoms with Crippen LogP contribution in [0.2, 0.25) is 5.02 Å². The van der Waals surface area contributed by atoms with Gasteiger partial charge in [-0.2, -0.15) is 0 Å². The lowest BCUT2D eigenvalue weighted by molar-refractivity contribution is 0.0928. The van der Waals surface area contributed by atoms with Crippen LogP contribution >= 0.6 is 11.6 Å². The molecule has 1 amide bonds. The number of hydrogen-bond donors (Lipinski definition) is 2. The van der Waals surface area contributed by atoms with Gasteiger partial charge < -0.3 is 15.4 Å². The minimum absolute atomic E-state index is 0.0479. The zero-order chi connectivity index (χ0) is 20.2. The second-order valence-corrected chi connectivity index (χ2v) is 7.27. The van der Waals surface area contributed by atoms with Crippen LogP contribution in [0.15, 0.2) is 54.7 Å². The minimum Gasteiger partial charge on any atom is -0.497 e. The number of aryl methyl sites for hydroxylation is 1. The predicted octanol–water partition coefficient (Wildman–Crippen LogP) is 4.69. The number of ether oxygens (including phenoxy) is 1. The quantitative estimate of drug-likeness (QED) is 0.640. The van der Waals surface area contributed by atoms with Gasteiger partial charge in [0.15, 0.2) is 5.69 Å². The highest BCUT2D eigenvalue weighted by molar-refractivity contribution is 6.33. The Morgan fingerprint density at radius 2 is 2.07 bits per heavy atom. The third kappa shape index (κ3) is 4.32. The Bertz CT molecular complexity index is 1040. The summed E-state index contributed by atoms with van der Waals surface area (Å²) in [7, 11) is 1.60. The van der Waals surface area contributed by atoms with E-state index in [1.807, 2.05) is 36.4 Å². The number of halogens is 1. The lowest BCUT2D eigenvalue weighted by atomic mass is 9.87. The molecule has 148 valence electrons. The summed E-state index contributed by atoms with van der Waals surface area (Å²) >= 11 is 6.23. The van der Waals surface area contributed by atoms with Crippen molar-refractivity contribution in [1.82, 2.24) is 15.3 Å². The van der Waals surface area contributed by atoms with Crippen LogP contribution in [0.4, 0.5) is 11.6 Å². The molecule has 0 fully saturated rings. The average Bonchev–Trinajstić information content (AvgIpc) is 2.75. The maximum atomic E-state index is 12.9. The van der Waals surface area contributed by atoms with Crippen molar-refractivity contribution in [3.63, 3.8) is 0 Å². The number of aromatic nitrogens is 2. The van der Waals surface area contributed by atoms with Gasteiger partial charge >= 0.3 is 0 Å². The fourth-order valence-corrected chi connectivity index (χ4v) is 3.72. The molecule has 3 aromatic rings. The Labute approximate surface area is 174 Å². The van der Waals surface area contributed by atoms with Gasteiger partial charge in [-0.15, -0.1) is 0 Å². The Morgan fingerprint density at radius 1 is 1.21 bits per heavy atom.